The molecule has 1 N–H and O–H groups in total. The van der Waals surface area contributed by atoms with Gasteiger partial charge in [-0.3, -0.25) is 9.97 Å². The van der Waals surface area contributed by atoms with Gasteiger partial charge < -0.3 is 5.11 Å². The maximum Gasteiger partial charge on any atom is 0.144 e. The Labute approximate surface area is 161 Å². The monoisotopic (exact) mass is 368 g/mol. The quantitative estimate of drug-likeness (QED) is 0.581. The summed E-state index contributed by atoms with van der Waals surface area (Å²) < 4.78 is 1.56. The Hall–Kier alpha value is -3.89. The third-order valence-corrected chi connectivity index (χ3v) is 4.60. The van der Waals surface area contributed by atoms with Crippen molar-refractivity contribution in [2.24, 2.45) is 0 Å². The molecular weight excluding hydrogens is 352 g/mol. The number of aromatic nitrogens is 5. The lowest BCUT2D eigenvalue weighted by Crippen LogP contribution is -2.40. The Bertz CT molecular complexity index is 1090. The number of rotatable bonds is 5. The Morgan fingerprint density at radius 1 is 1.00 bits per heavy atom. The van der Waals surface area contributed by atoms with Crippen LogP contribution in [0.3, 0.4) is 0 Å². The molecule has 0 spiro atoms. The molecule has 0 aliphatic heterocycles. The van der Waals surface area contributed by atoms with E-state index in [0.717, 1.165) is 0 Å². The molecule has 0 amide bonds. The molecule has 0 bridgehead atoms. The molecule has 4 aromatic rings. The zero-order valence-corrected chi connectivity index (χ0v) is 14.8. The average Bonchev–Trinajstić information content (AvgIpc) is 3.29. The van der Waals surface area contributed by atoms with Crippen LogP contribution in [0.15, 0.2) is 85.6 Å². The van der Waals surface area contributed by atoms with Crippen molar-refractivity contribution in [2.45, 2.75) is 11.6 Å². The molecular formula is C21H16N6O. The van der Waals surface area contributed by atoms with Gasteiger partial charge >= 0.3 is 0 Å². The van der Waals surface area contributed by atoms with E-state index in [-0.39, 0.29) is 0 Å². The first-order valence-electron chi connectivity index (χ1n) is 8.63. The van der Waals surface area contributed by atoms with E-state index in [4.69, 9.17) is 0 Å². The van der Waals surface area contributed by atoms with E-state index in [1.165, 1.54) is 0 Å². The highest BCUT2D eigenvalue weighted by Gasteiger charge is 2.44. The standard InChI is InChI=1S/C21H16N6O/c22-14-16-5-3-6-17(13-16)21(28,18-7-4-9-23-15-18)20(27-12-11-25-26-27)19-8-1-2-10-24-19/h1-13,15,20,28H/t20-,21+/m1/s1. The van der Waals surface area contributed by atoms with Crippen LogP contribution in [0.25, 0.3) is 0 Å². The topological polar surface area (TPSA) is 101 Å². The van der Waals surface area contributed by atoms with Gasteiger partial charge in [0.05, 0.1) is 23.5 Å². The molecule has 0 radical (unpaired) electrons. The van der Waals surface area contributed by atoms with Gasteiger partial charge in [-0.25, -0.2) is 4.68 Å². The van der Waals surface area contributed by atoms with Gasteiger partial charge in [-0.1, -0.05) is 29.5 Å². The van der Waals surface area contributed by atoms with Gasteiger partial charge in [0.1, 0.15) is 11.6 Å². The maximum atomic E-state index is 12.2. The van der Waals surface area contributed by atoms with Crippen LogP contribution in [0, 0.1) is 11.3 Å². The van der Waals surface area contributed by atoms with Gasteiger partial charge in [0.15, 0.2) is 0 Å². The SMILES string of the molecule is N#Cc1cccc([C@](O)(c2cccnc2)[C@@H](c2ccccn2)n2ccnn2)c1. The highest BCUT2D eigenvalue weighted by Crippen LogP contribution is 2.42. The van der Waals surface area contributed by atoms with E-state index < -0.39 is 11.6 Å². The highest BCUT2D eigenvalue weighted by atomic mass is 16.3. The largest absolute Gasteiger partial charge is 0.378 e. The summed E-state index contributed by atoms with van der Waals surface area (Å²) in [6, 6.07) is 17.3. The zero-order chi connectivity index (χ0) is 19.4. The van der Waals surface area contributed by atoms with Crippen LogP contribution in [0.1, 0.15) is 28.4 Å². The smallest absolute Gasteiger partial charge is 0.144 e. The van der Waals surface area contributed by atoms with E-state index in [1.54, 1.807) is 78.1 Å². The fourth-order valence-corrected chi connectivity index (χ4v) is 3.33. The first-order chi connectivity index (χ1) is 13.7. The molecule has 0 aliphatic rings. The summed E-state index contributed by atoms with van der Waals surface area (Å²) in [5.74, 6) is 0. The number of hydrogen-bond acceptors (Lipinski definition) is 6. The van der Waals surface area contributed by atoms with E-state index in [1.807, 2.05) is 12.1 Å². The predicted molar refractivity (Wildman–Crippen MR) is 101 cm³/mol. The minimum absolute atomic E-state index is 0.443. The van der Waals surface area contributed by atoms with Crippen molar-refractivity contribution in [1.29, 1.82) is 5.26 Å². The van der Waals surface area contributed by atoms with Gasteiger partial charge in [0, 0.05) is 30.4 Å². The summed E-state index contributed by atoms with van der Waals surface area (Å²) >= 11 is 0. The van der Waals surface area contributed by atoms with Crippen molar-refractivity contribution in [3.8, 4) is 6.07 Å². The molecule has 3 aromatic heterocycles. The molecule has 7 heteroatoms. The molecule has 28 heavy (non-hydrogen) atoms. The van der Waals surface area contributed by atoms with Gasteiger partial charge in [-0.05, 0) is 35.9 Å². The molecule has 0 unspecified atom stereocenters. The van der Waals surface area contributed by atoms with Crippen molar-refractivity contribution < 1.29 is 5.11 Å². The third-order valence-electron chi connectivity index (χ3n) is 4.60. The van der Waals surface area contributed by atoms with E-state index in [9.17, 15) is 10.4 Å². The van der Waals surface area contributed by atoms with Crippen LogP contribution >= 0.6 is 0 Å². The predicted octanol–water partition coefficient (Wildman–Crippen LogP) is 2.47. The van der Waals surface area contributed by atoms with Gasteiger partial charge in [-0.2, -0.15) is 5.26 Å². The van der Waals surface area contributed by atoms with Crippen LogP contribution in [0.5, 0.6) is 0 Å². The minimum Gasteiger partial charge on any atom is -0.378 e. The molecule has 0 saturated heterocycles. The molecule has 7 nitrogen and oxygen atoms in total. The molecule has 3 heterocycles. The second-order valence-corrected chi connectivity index (χ2v) is 6.24. The lowest BCUT2D eigenvalue weighted by Gasteiger charge is -2.36. The number of hydrogen-bond donors (Lipinski definition) is 1. The van der Waals surface area contributed by atoms with Gasteiger partial charge in [0.25, 0.3) is 0 Å². The fraction of sp³-hybridized carbons (Fsp3) is 0.0952. The number of nitriles is 1. The van der Waals surface area contributed by atoms with Gasteiger partial charge in [-0.15, -0.1) is 5.10 Å². The maximum absolute atomic E-state index is 12.2. The van der Waals surface area contributed by atoms with E-state index in [2.05, 4.69) is 26.3 Å². The van der Waals surface area contributed by atoms with Crippen molar-refractivity contribution in [3.63, 3.8) is 0 Å². The zero-order valence-electron chi connectivity index (χ0n) is 14.8. The molecule has 0 aliphatic carbocycles. The Kier molecular flexibility index (Phi) is 4.62. The average molecular weight is 368 g/mol. The van der Waals surface area contributed by atoms with Gasteiger partial charge in [0.2, 0.25) is 0 Å². The number of nitrogens with zero attached hydrogens (tertiary/aromatic N) is 6. The normalized spacial score (nSPS) is 14.0. The van der Waals surface area contributed by atoms with Crippen LogP contribution in [0.4, 0.5) is 0 Å². The Balaban J connectivity index is 2.02. The lowest BCUT2D eigenvalue weighted by atomic mass is 9.79. The highest BCUT2D eigenvalue weighted by molar-refractivity contribution is 5.43. The Morgan fingerprint density at radius 3 is 2.57 bits per heavy atom. The first kappa shape index (κ1) is 17.5. The summed E-state index contributed by atoms with van der Waals surface area (Å²) in [5, 5.41) is 29.6. The fourth-order valence-electron chi connectivity index (χ4n) is 3.33. The molecule has 2 atom stereocenters. The van der Waals surface area contributed by atoms with Crippen molar-refractivity contribution in [2.75, 3.05) is 0 Å². The summed E-state index contributed by atoms with van der Waals surface area (Å²) in [6.07, 6.45) is 8.13. The van der Waals surface area contributed by atoms with Crippen molar-refractivity contribution in [1.82, 2.24) is 25.0 Å². The van der Waals surface area contributed by atoms with E-state index >= 15 is 0 Å². The molecule has 4 rings (SSSR count). The number of pyridine rings is 2. The van der Waals surface area contributed by atoms with Crippen molar-refractivity contribution >= 4 is 0 Å². The number of aliphatic hydroxyl groups is 1. The molecule has 0 fully saturated rings. The third kappa shape index (κ3) is 3.02. The summed E-state index contributed by atoms with van der Waals surface area (Å²) in [6.45, 7) is 0. The van der Waals surface area contributed by atoms with Crippen LogP contribution < -0.4 is 0 Å². The van der Waals surface area contributed by atoms with Crippen molar-refractivity contribution in [3.05, 3.63) is 108 Å². The summed E-state index contributed by atoms with van der Waals surface area (Å²) in [7, 11) is 0. The minimum atomic E-state index is -1.59. The van der Waals surface area contributed by atoms with Crippen LogP contribution in [-0.2, 0) is 5.60 Å². The molecule has 0 saturated carbocycles. The van der Waals surface area contributed by atoms with Crippen LogP contribution in [-0.4, -0.2) is 30.1 Å². The second kappa shape index (κ2) is 7.39. The van der Waals surface area contributed by atoms with E-state index in [0.29, 0.717) is 22.4 Å². The number of benzene rings is 1. The lowest BCUT2D eigenvalue weighted by molar-refractivity contribution is 0.0310. The van der Waals surface area contributed by atoms with Crippen LogP contribution in [0.2, 0.25) is 0 Å². The summed E-state index contributed by atoms with van der Waals surface area (Å²) in [4.78, 5) is 8.65. The Morgan fingerprint density at radius 2 is 1.89 bits per heavy atom. The second-order valence-electron chi connectivity index (χ2n) is 6.24. The first-order valence-corrected chi connectivity index (χ1v) is 8.63. The molecule has 1 aromatic carbocycles. The molecule has 136 valence electrons. The summed E-state index contributed by atoms with van der Waals surface area (Å²) in [5.41, 5.74) is 0.533.